The molecule has 1 aliphatic heterocycles. The Morgan fingerprint density at radius 1 is 1.09 bits per heavy atom. The highest BCUT2D eigenvalue weighted by Crippen LogP contribution is 2.26. The van der Waals surface area contributed by atoms with Crippen LogP contribution in [-0.2, 0) is 21.4 Å². The monoisotopic (exact) mass is 486 g/mol. The van der Waals surface area contributed by atoms with Crippen LogP contribution in [0.4, 0.5) is 5.69 Å². The third-order valence-electron chi connectivity index (χ3n) is 5.69. The first-order valence-electron chi connectivity index (χ1n) is 11.3. The molecule has 1 aromatic heterocycles. The van der Waals surface area contributed by atoms with Crippen LogP contribution < -0.4 is 5.32 Å². The van der Waals surface area contributed by atoms with Crippen molar-refractivity contribution in [2.45, 2.75) is 49.7 Å². The van der Waals surface area contributed by atoms with E-state index in [0.717, 1.165) is 41.2 Å². The van der Waals surface area contributed by atoms with Crippen molar-refractivity contribution in [1.29, 1.82) is 0 Å². The van der Waals surface area contributed by atoms with Crippen molar-refractivity contribution in [2.75, 3.05) is 24.2 Å². The van der Waals surface area contributed by atoms with Crippen LogP contribution in [0, 0.1) is 5.92 Å². The van der Waals surface area contributed by atoms with Crippen LogP contribution in [-0.4, -0.2) is 47.0 Å². The van der Waals surface area contributed by atoms with E-state index >= 15 is 0 Å². The van der Waals surface area contributed by atoms with Crippen LogP contribution in [0.5, 0.6) is 0 Å². The molecule has 33 heavy (non-hydrogen) atoms. The van der Waals surface area contributed by atoms with Gasteiger partial charge >= 0.3 is 0 Å². The number of hydrogen-bond donors (Lipinski definition) is 1. The maximum Gasteiger partial charge on any atom is 0.244 e. The number of rotatable bonds is 9. The van der Waals surface area contributed by atoms with Gasteiger partial charge in [0.2, 0.25) is 15.9 Å². The zero-order valence-corrected chi connectivity index (χ0v) is 20.7. The van der Waals surface area contributed by atoms with E-state index in [0.29, 0.717) is 24.7 Å². The number of sulfonamides is 1. The molecule has 0 atom stereocenters. The fourth-order valence-electron chi connectivity index (χ4n) is 3.83. The minimum Gasteiger partial charge on any atom is -0.325 e. The van der Waals surface area contributed by atoms with Gasteiger partial charge in [-0.05, 0) is 61.6 Å². The highest BCUT2D eigenvalue weighted by atomic mass is 32.2. The molecule has 0 spiro atoms. The molecule has 0 unspecified atom stereocenters. The van der Waals surface area contributed by atoms with E-state index in [4.69, 9.17) is 4.98 Å². The van der Waals surface area contributed by atoms with Gasteiger partial charge in [0.05, 0.1) is 15.9 Å². The summed E-state index contributed by atoms with van der Waals surface area (Å²) in [5.41, 5.74) is 2.36. The number of hydrogen-bond acceptors (Lipinski definition) is 5. The van der Waals surface area contributed by atoms with Gasteiger partial charge in [0.1, 0.15) is 6.54 Å². The minimum atomic E-state index is -3.46. The normalized spacial score (nSPS) is 14.9. The smallest absolute Gasteiger partial charge is 0.244 e. The topological polar surface area (TPSA) is 84.3 Å². The Morgan fingerprint density at radius 2 is 1.79 bits per heavy atom. The van der Waals surface area contributed by atoms with Gasteiger partial charge in [0.25, 0.3) is 0 Å². The molecule has 7 nitrogen and oxygen atoms in total. The lowest BCUT2D eigenvalue weighted by atomic mass is 10.2. The Kier molecular flexibility index (Phi) is 7.41. The van der Waals surface area contributed by atoms with Gasteiger partial charge in [-0.1, -0.05) is 37.7 Å². The van der Waals surface area contributed by atoms with Crippen LogP contribution >= 0.6 is 11.8 Å². The van der Waals surface area contributed by atoms with Gasteiger partial charge < -0.3 is 9.88 Å². The second-order valence-corrected chi connectivity index (χ2v) is 11.7. The maximum absolute atomic E-state index is 12.9. The molecule has 0 saturated carbocycles. The van der Waals surface area contributed by atoms with Gasteiger partial charge in [-0.3, -0.25) is 4.79 Å². The van der Waals surface area contributed by atoms with E-state index < -0.39 is 10.0 Å². The summed E-state index contributed by atoms with van der Waals surface area (Å²) in [5.74, 6) is 1.37. The van der Waals surface area contributed by atoms with Gasteiger partial charge in [0, 0.05) is 24.5 Å². The molecule has 1 N–H and O–H groups in total. The number of anilines is 1. The third-order valence-corrected chi connectivity index (χ3v) is 8.61. The summed E-state index contributed by atoms with van der Waals surface area (Å²) >= 11 is 1.67. The second kappa shape index (κ2) is 10.3. The van der Waals surface area contributed by atoms with Crippen LogP contribution in [0.15, 0.2) is 58.6 Å². The first-order chi connectivity index (χ1) is 15.8. The van der Waals surface area contributed by atoms with E-state index in [1.54, 1.807) is 36.0 Å². The highest BCUT2D eigenvalue weighted by molar-refractivity contribution is 7.99. The number of aromatic nitrogens is 2. The van der Waals surface area contributed by atoms with E-state index in [2.05, 4.69) is 19.2 Å². The molecule has 4 rings (SSSR count). The molecule has 0 radical (unpaired) electrons. The summed E-state index contributed by atoms with van der Waals surface area (Å²) in [6.45, 7) is 5.66. The number of fused-ring (bicyclic) bond motifs is 1. The number of imidazole rings is 1. The average molecular weight is 487 g/mol. The summed E-state index contributed by atoms with van der Waals surface area (Å²) < 4.78 is 28.9. The van der Waals surface area contributed by atoms with E-state index in [1.165, 1.54) is 4.31 Å². The van der Waals surface area contributed by atoms with Crippen molar-refractivity contribution in [3.63, 3.8) is 0 Å². The predicted molar refractivity (Wildman–Crippen MR) is 133 cm³/mol. The summed E-state index contributed by atoms with van der Waals surface area (Å²) in [6, 6.07) is 14.2. The number of thioether (sulfide) groups is 1. The quantitative estimate of drug-likeness (QED) is 0.447. The number of para-hydroxylation sites is 2. The maximum atomic E-state index is 12.9. The number of carbonyl (C=O) groups is 1. The van der Waals surface area contributed by atoms with Crippen LogP contribution in [0.3, 0.4) is 0 Å². The molecule has 1 fully saturated rings. The molecule has 1 saturated heterocycles. The van der Waals surface area contributed by atoms with E-state index in [1.807, 2.05) is 28.8 Å². The van der Waals surface area contributed by atoms with Crippen molar-refractivity contribution in [3.05, 3.63) is 48.5 Å². The number of carbonyl (C=O) groups excluding carboxylic acids is 1. The Hall–Kier alpha value is -2.36. The largest absolute Gasteiger partial charge is 0.325 e. The predicted octanol–water partition coefficient (Wildman–Crippen LogP) is 4.60. The van der Waals surface area contributed by atoms with Gasteiger partial charge in [-0.25, -0.2) is 13.4 Å². The number of nitrogens with one attached hydrogen (secondary N) is 1. The standard InChI is InChI=1S/C24H30N4O3S2/c1-18(2)13-16-32-24-26-21-7-3-4-8-22(21)28(24)17-23(29)25-19-9-11-20(12-10-19)33(30,31)27-14-5-6-15-27/h3-4,7-12,18H,5-6,13-17H2,1-2H3,(H,25,29). The van der Waals surface area contributed by atoms with Gasteiger partial charge in [-0.2, -0.15) is 4.31 Å². The summed E-state index contributed by atoms with van der Waals surface area (Å²) in [4.78, 5) is 17.8. The van der Waals surface area contributed by atoms with Crippen LogP contribution in [0.2, 0.25) is 0 Å². The lowest BCUT2D eigenvalue weighted by Gasteiger charge is -2.16. The summed E-state index contributed by atoms with van der Waals surface area (Å²) in [6.07, 6.45) is 2.87. The number of amides is 1. The zero-order valence-electron chi connectivity index (χ0n) is 19.0. The lowest BCUT2D eigenvalue weighted by molar-refractivity contribution is -0.116. The zero-order chi connectivity index (χ0) is 23.4. The van der Waals surface area contributed by atoms with Crippen molar-refractivity contribution < 1.29 is 13.2 Å². The molecule has 0 aliphatic carbocycles. The van der Waals surface area contributed by atoms with Crippen LogP contribution in [0.25, 0.3) is 11.0 Å². The lowest BCUT2D eigenvalue weighted by Crippen LogP contribution is -2.27. The van der Waals surface area contributed by atoms with E-state index in [9.17, 15) is 13.2 Å². The summed E-state index contributed by atoms with van der Waals surface area (Å²) in [5, 5.41) is 3.72. The molecule has 3 aromatic rings. The molecule has 2 heterocycles. The molecule has 1 amide bonds. The van der Waals surface area contributed by atoms with Crippen molar-refractivity contribution >= 4 is 44.4 Å². The van der Waals surface area contributed by atoms with Crippen molar-refractivity contribution in [3.8, 4) is 0 Å². The SMILES string of the molecule is CC(C)CCSc1nc2ccccc2n1CC(=O)Nc1ccc(S(=O)(=O)N2CCCC2)cc1. The minimum absolute atomic E-state index is 0.137. The first kappa shape index (κ1) is 23.8. The molecule has 1 aliphatic rings. The fourth-order valence-corrected chi connectivity index (χ4v) is 6.60. The Bertz CT molecular complexity index is 1210. The molecule has 9 heteroatoms. The Labute approximate surface area is 199 Å². The number of nitrogens with zero attached hydrogens (tertiary/aromatic N) is 3. The molecule has 2 aromatic carbocycles. The second-order valence-electron chi connectivity index (χ2n) is 8.68. The van der Waals surface area contributed by atoms with Crippen molar-refractivity contribution in [1.82, 2.24) is 13.9 Å². The molecule has 0 bridgehead atoms. The molecular weight excluding hydrogens is 456 g/mol. The highest BCUT2D eigenvalue weighted by Gasteiger charge is 2.27. The van der Waals surface area contributed by atoms with Gasteiger partial charge in [0.15, 0.2) is 5.16 Å². The third kappa shape index (κ3) is 5.59. The molecule has 176 valence electrons. The number of benzene rings is 2. The Morgan fingerprint density at radius 3 is 2.48 bits per heavy atom. The average Bonchev–Trinajstić information content (AvgIpc) is 3.44. The van der Waals surface area contributed by atoms with E-state index in [-0.39, 0.29) is 17.3 Å². The van der Waals surface area contributed by atoms with Gasteiger partial charge in [-0.15, -0.1) is 0 Å². The van der Waals surface area contributed by atoms with Crippen molar-refractivity contribution in [2.24, 2.45) is 5.92 Å². The van der Waals surface area contributed by atoms with Crippen LogP contribution in [0.1, 0.15) is 33.1 Å². The first-order valence-corrected chi connectivity index (χ1v) is 13.8. The molecular formula is C24H30N4O3S2. The Balaban J connectivity index is 1.46. The fraction of sp³-hybridized carbons (Fsp3) is 0.417. The summed E-state index contributed by atoms with van der Waals surface area (Å²) in [7, 11) is -3.46.